The molecule has 0 atom stereocenters. The van der Waals surface area contributed by atoms with Crippen LogP contribution in [0, 0.1) is 0 Å². The fraction of sp³-hybridized carbons (Fsp3) is 0.222. The molecule has 0 aliphatic carbocycles. The summed E-state index contributed by atoms with van der Waals surface area (Å²) in [5.74, 6) is -0.0276. The number of aryl methyl sites for hydroxylation is 2. The molecule has 0 saturated carbocycles. The van der Waals surface area contributed by atoms with Crippen LogP contribution >= 0.6 is 0 Å². The lowest BCUT2D eigenvalue weighted by Crippen LogP contribution is -2.23. The molecule has 0 aliphatic rings. The van der Waals surface area contributed by atoms with Gasteiger partial charge in [0.25, 0.3) is 11.5 Å². The van der Waals surface area contributed by atoms with E-state index in [9.17, 15) is 9.59 Å². The molecule has 0 unspecified atom stereocenters. The zero-order chi connectivity index (χ0) is 17.8. The Hall–Kier alpha value is -3.22. The van der Waals surface area contributed by atoms with Crippen LogP contribution < -0.4 is 10.9 Å². The minimum atomic E-state index is -0.424. The molecule has 3 aromatic rings. The van der Waals surface area contributed by atoms with Crippen molar-refractivity contribution >= 4 is 11.7 Å². The van der Waals surface area contributed by atoms with Gasteiger partial charge in [0.2, 0.25) is 0 Å². The first kappa shape index (κ1) is 16.6. The maximum Gasteiger partial charge on any atom is 0.277 e. The summed E-state index contributed by atoms with van der Waals surface area (Å²) >= 11 is 0. The number of hydrogen-bond acceptors (Lipinski definition) is 4. The summed E-state index contributed by atoms with van der Waals surface area (Å²) in [5, 5.41) is 13.6. The van der Waals surface area contributed by atoms with Gasteiger partial charge in [0.1, 0.15) is 5.69 Å². The molecule has 2 heterocycles. The molecule has 0 aliphatic heterocycles. The lowest BCUT2D eigenvalue weighted by molar-refractivity contribution is 0.101. The third-order valence-electron chi connectivity index (χ3n) is 3.82. The molecule has 3 rings (SSSR count). The van der Waals surface area contributed by atoms with E-state index in [0.717, 1.165) is 28.8 Å². The van der Waals surface area contributed by atoms with Gasteiger partial charge in [-0.3, -0.25) is 14.7 Å². The first-order valence-corrected chi connectivity index (χ1v) is 8.07. The van der Waals surface area contributed by atoms with Crippen LogP contribution in [0.3, 0.4) is 0 Å². The van der Waals surface area contributed by atoms with E-state index in [4.69, 9.17) is 0 Å². The van der Waals surface area contributed by atoms with E-state index >= 15 is 0 Å². The quantitative estimate of drug-likeness (QED) is 0.747. The van der Waals surface area contributed by atoms with Crippen molar-refractivity contribution in [1.82, 2.24) is 20.0 Å². The molecule has 7 nitrogen and oxygen atoms in total. The van der Waals surface area contributed by atoms with Crippen LogP contribution in [0.1, 0.15) is 29.4 Å². The highest BCUT2D eigenvalue weighted by atomic mass is 16.2. The predicted molar refractivity (Wildman–Crippen MR) is 95.4 cm³/mol. The Kier molecular flexibility index (Phi) is 4.74. The van der Waals surface area contributed by atoms with Crippen LogP contribution in [-0.2, 0) is 13.5 Å². The van der Waals surface area contributed by atoms with Crippen molar-refractivity contribution in [3.05, 3.63) is 64.1 Å². The number of amides is 1. The van der Waals surface area contributed by atoms with E-state index < -0.39 is 5.91 Å². The Balaban J connectivity index is 1.73. The van der Waals surface area contributed by atoms with Gasteiger partial charge in [-0.2, -0.15) is 10.2 Å². The van der Waals surface area contributed by atoms with Gasteiger partial charge >= 0.3 is 0 Å². The second-order valence-corrected chi connectivity index (χ2v) is 5.75. The van der Waals surface area contributed by atoms with Crippen LogP contribution in [0.15, 0.2) is 47.3 Å². The van der Waals surface area contributed by atoms with E-state index in [1.54, 1.807) is 6.07 Å². The number of nitrogens with zero attached hydrogens (tertiary/aromatic N) is 3. The summed E-state index contributed by atoms with van der Waals surface area (Å²) in [6, 6.07) is 12.7. The highest BCUT2D eigenvalue weighted by molar-refractivity contribution is 6.02. The van der Waals surface area contributed by atoms with Gasteiger partial charge in [-0.15, -0.1) is 0 Å². The maximum absolute atomic E-state index is 12.2. The Labute approximate surface area is 144 Å². The standard InChI is InChI=1S/C18H19N5O2/c1-3-4-12-5-7-13(8-6-12)15-11-16(21-20-15)19-18(25)14-9-10-17(24)23(2)22-14/h5-11H,3-4H2,1-2H3,(H2,19,20,21,25). The highest BCUT2D eigenvalue weighted by Crippen LogP contribution is 2.20. The zero-order valence-electron chi connectivity index (χ0n) is 14.1. The van der Waals surface area contributed by atoms with Crippen LogP contribution in [0.4, 0.5) is 5.82 Å². The molecule has 0 radical (unpaired) electrons. The Morgan fingerprint density at radius 1 is 1.20 bits per heavy atom. The second-order valence-electron chi connectivity index (χ2n) is 5.75. The van der Waals surface area contributed by atoms with Gasteiger partial charge < -0.3 is 5.32 Å². The molecule has 0 bridgehead atoms. The van der Waals surface area contributed by atoms with Crippen molar-refractivity contribution in [2.75, 3.05) is 5.32 Å². The molecule has 1 aromatic carbocycles. The normalized spacial score (nSPS) is 10.6. The molecule has 128 valence electrons. The Morgan fingerprint density at radius 2 is 1.96 bits per heavy atom. The summed E-state index contributed by atoms with van der Waals surface area (Å²) in [6.07, 6.45) is 2.16. The van der Waals surface area contributed by atoms with Crippen molar-refractivity contribution in [2.24, 2.45) is 7.05 Å². The lowest BCUT2D eigenvalue weighted by atomic mass is 10.1. The maximum atomic E-state index is 12.2. The van der Waals surface area contributed by atoms with Crippen LogP contribution in [0.25, 0.3) is 11.3 Å². The largest absolute Gasteiger partial charge is 0.304 e. The van der Waals surface area contributed by atoms with Crippen molar-refractivity contribution in [1.29, 1.82) is 0 Å². The van der Waals surface area contributed by atoms with Crippen LogP contribution in [0.2, 0.25) is 0 Å². The van der Waals surface area contributed by atoms with Gasteiger partial charge in [0.05, 0.1) is 5.69 Å². The number of aromatic amines is 1. The fourth-order valence-corrected chi connectivity index (χ4v) is 2.48. The number of rotatable bonds is 5. The van der Waals surface area contributed by atoms with Gasteiger partial charge in [0.15, 0.2) is 5.82 Å². The lowest BCUT2D eigenvalue weighted by Gasteiger charge is -2.02. The minimum Gasteiger partial charge on any atom is -0.304 e. The summed E-state index contributed by atoms with van der Waals surface area (Å²) in [4.78, 5) is 23.5. The molecule has 7 heteroatoms. The van der Waals surface area contributed by atoms with Crippen LogP contribution in [-0.4, -0.2) is 25.9 Å². The first-order valence-electron chi connectivity index (χ1n) is 8.07. The zero-order valence-corrected chi connectivity index (χ0v) is 14.1. The number of anilines is 1. The summed E-state index contributed by atoms with van der Waals surface area (Å²) in [7, 11) is 1.49. The molecule has 0 spiro atoms. The SMILES string of the molecule is CCCc1ccc(-c2cc(NC(=O)c3ccc(=O)n(C)n3)n[nH]2)cc1. The number of carbonyl (C=O) groups excluding carboxylic acids is 1. The molecule has 2 aromatic heterocycles. The topological polar surface area (TPSA) is 92.7 Å². The van der Waals surface area contributed by atoms with Gasteiger partial charge in [0, 0.05) is 19.2 Å². The van der Waals surface area contributed by atoms with E-state index in [0.29, 0.717) is 5.82 Å². The molecule has 1 amide bonds. The number of H-pyrrole nitrogens is 1. The summed E-state index contributed by atoms with van der Waals surface area (Å²) in [6.45, 7) is 2.15. The highest BCUT2D eigenvalue weighted by Gasteiger charge is 2.11. The van der Waals surface area contributed by atoms with Crippen molar-refractivity contribution in [3.8, 4) is 11.3 Å². The van der Waals surface area contributed by atoms with Crippen molar-refractivity contribution in [2.45, 2.75) is 19.8 Å². The average molecular weight is 337 g/mol. The van der Waals surface area contributed by atoms with E-state index in [1.807, 2.05) is 12.1 Å². The third-order valence-corrected chi connectivity index (χ3v) is 3.82. The number of nitrogens with one attached hydrogen (secondary N) is 2. The molecule has 0 saturated heterocycles. The fourth-order valence-electron chi connectivity index (χ4n) is 2.48. The number of carbonyl (C=O) groups is 1. The molecule has 2 N–H and O–H groups in total. The van der Waals surface area contributed by atoms with E-state index in [1.165, 1.54) is 24.7 Å². The molecular weight excluding hydrogens is 318 g/mol. The van der Waals surface area contributed by atoms with Crippen molar-refractivity contribution in [3.63, 3.8) is 0 Å². The molecule has 25 heavy (non-hydrogen) atoms. The Bertz CT molecular complexity index is 941. The monoisotopic (exact) mass is 337 g/mol. The summed E-state index contributed by atoms with van der Waals surface area (Å²) in [5.41, 5.74) is 2.97. The molecule has 0 fully saturated rings. The summed E-state index contributed by atoms with van der Waals surface area (Å²) < 4.78 is 1.11. The van der Waals surface area contributed by atoms with Crippen molar-refractivity contribution < 1.29 is 4.79 Å². The van der Waals surface area contributed by atoms with Gasteiger partial charge in [-0.05, 0) is 23.6 Å². The number of benzene rings is 1. The van der Waals surface area contributed by atoms with Crippen LogP contribution in [0.5, 0.6) is 0 Å². The van der Waals surface area contributed by atoms with Gasteiger partial charge in [-0.25, -0.2) is 4.68 Å². The molecular formula is C18H19N5O2. The van der Waals surface area contributed by atoms with E-state index in [2.05, 4.69) is 39.7 Å². The van der Waals surface area contributed by atoms with Gasteiger partial charge in [-0.1, -0.05) is 37.6 Å². The second kappa shape index (κ2) is 7.12. The Morgan fingerprint density at radius 3 is 2.64 bits per heavy atom. The average Bonchev–Trinajstić information content (AvgIpc) is 3.06. The first-order chi connectivity index (χ1) is 12.1. The number of hydrogen-bond donors (Lipinski definition) is 2. The number of aromatic nitrogens is 4. The predicted octanol–water partition coefficient (Wildman–Crippen LogP) is 2.38. The smallest absolute Gasteiger partial charge is 0.277 e. The van der Waals surface area contributed by atoms with E-state index in [-0.39, 0.29) is 11.3 Å². The third kappa shape index (κ3) is 3.82. The minimum absolute atomic E-state index is 0.149.